The number of fused-ring (bicyclic) bond motifs is 1. The number of nitrogens with zero attached hydrogens (tertiary/aromatic N) is 2. The van der Waals surface area contributed by atoms with E-state index in [0.29, 0.717) is 22.7 Å². The van der Waals surface area contributed by atoms with Crippen LogP contribution in [0.25, 0.3) is 10.9 Å². The molecule has 6 nitrogen and oxygen atoms in total. The molecule has 0 radical (unpaired) electrons. The standard InChI is InChI=1S/C19H23FN4O2.ClH/c1-10-15-13(17(25)22-18(26)24(15)12-2-3-12)8-14(20)16(10)23-7-4-11(9-23)19(21)5-6-19;/h8,11-12H,2-7,9,21H2,1H3,(H,22,25,26);1H/t11-;/m1./s1. The molecule has 8 heteroatoms. The molecule has 1 saturated heterocycles. The zero-order valence-electron chi connectivity index (χ0n) is 15.3. The van der Waals surface area contributed by atoms with E-state index in [4.69, 9.17) is 5.73 Å². The van der Waals surface area contributed by atoms with Gasteiger partial charge in [0.15, 0.2) is 0 Å². The van der Waals surface area contributed by atoms with Crippen molar-refractivity contribution in [3.63, 3.8) is 0 Å². The normalized spacial score (nSPS) is 23.5. The Hall–Kier alpha value is -1.86. The van der Waals surface area contributed by atoms with Crippen LogP contribution >= 0.6 is 12.4 Å². The first-order valence-corrected chi connectivity index (χ1v) is 9.40. The van der Waals surface area contributed by atoms with Crippen LogP contribution in [-0.4, -0.2) is 28.2 Å². The highest BCUT2D eigenvalue weighted by molar-refractivity contribution is 5.87. The SMILES string of the molecule is Cc1c(N2CC[C@@H](C3(N)CC3)C2)c(F)cc2c(=O)[nH]c(=O)n(C3CC3)c12.Cl. The van der Waals surface area contributed by atoms with E-state index in [1.54, 1.807) is 4.57 Å². The minimum Gasteiger partial charge on any atom is -0.369 e. The minimum atomic E-state index is -0.520. The average Bonchev–Trinajstić information content (AvgIpc) is 3.50. The topological polar surface area (TPSA) is 84.1 Å². The van der Waals surface area contributed by atoms with Crippen molar-refractivity contribution in [3.05, 3.63) is 38.3 Å². The summed E-state index contributed by atoms with van der Waals surface area (Å²) < 4.78 is 16.6. The number of aromatic amines is 1. The molecule has 2 saturated carbocycles. The van der Waals surface area contributed by atoms with E-state index < -0.39 is 17.1 Å². The van der Waals surface area contributed by atoms with Crippen LogP contribution in [-0.2, 0) is 0 Å². The molecule has 0 amide bonds. The third kappa shape index (κ3) is 2.79. The molecule has 1 atom stereocenters. The van der Waals surface area contributed by atoms with E-state index >= 15 is 0 Å². The van der Waals surface area contributed by atoms with E-state index in [-0.39, 0.29) is 29.4 Å². The number of nitrogens with two attached hydrogens (primary N) is 1. The molecule has 1 aromatic carbocycles. The van der Waals surface area contributed by atoms with Crippen LogP contribution in [0, 0.1) is 18.7 Å². The van der Waals surface area contributed by atoms with E-state index in [1.165, 1.54) is 6.07 Å². The molecule has 3 aliphatic rings. The van der Waals surface area contributed by atoms with Crippen molar-refractivity contribution in [2.75, 3.05) is 18.0 Å². The third-order valence-electron chi connectivity index (χ3n) is 6.44. The van der Waals surface area contributed by atoms with Gasteiger partial charge in [-0.25, -0.2) is 9.18 Å². The van der Waals surface area contributed by atoms with Gasteiger partial charge < -0.3 is 10.6 Å². The predicted octanol–water partition coefficient (Wildman–Crippen LogP) is 2.21. The van der Waals surface area contributed by atoms with Crippen LogP contribution in [0.3, 0.4) is 0 Å². The highest BCUT2D eigenvalue weighted by Gasteiger charge is 2.48. The maximum atomic E-state index is 15.0. The van der Waals surface area contributed by atoms with Crippen LogP contribution in [0.15, 0.2) is 15.7 Å². The van der Waals surface area contributed by atoms with Crippen LogP contribution in [0.4, 0.5) is 10.1 Å². The Balaban J connectivity index is 0.00000180. The first-order chi connectivity index (χ1) is 12.4. The smallest absolute Gasteiger partial charge is 0.329 e. The minimum absolute atomic E-state index is 0. The van der Waals surface area contributed by atoms with Crippen molar-refractivity contribution in [3.8, 4) is 0 Å². The predicted molar refractivity (Wildman–Crippen MR) is 106 cm³/mol. The van der Waals surface area contributed by atoms with Gasteiger partial charge in [0.25, 0.3) is 5.56 Å². The van der Waals surface area contributed by atoms with Crippen molar-refractivity contribution in [2.24, 2.45) is 11.7 Å². The Kier molecular flexibility index (Phi) is 4.16. The lowest BCUT2D eigenvalue weighted by molar-refractivity contribution is 0.442. The van der Waals surface area contributed by atoms with Crippen molar-refractivity contribution in [1.82, 2.24) is 9.55 Å². The number of nitrogens with one attached hydrogen (secondary N) is 1. The molecular weight excluding hydrogens is 371 g/mol. The number of aryl methyl sites for hydroxylation is 1. The van der Waals surface area contributed by atoms with E-state index in [1.807, 2.05) is 11.8 Å². The maximum absolute atomic E-state index is 15.0. The first kappa shape index (κ1) is 18.5. The highest BCUT2D eigenvalue weighted by Crippen LogP contribution is 2.45. The summed E-state index contributed by atoms with van der Waals surface area (Å²) in [6.07, 6.45) is 4.87. The van der Waals surface area contributed by atoms with Gasteiger partial charge in [-0.1, -0.05) is 0 Å². The monoisotopic (exact) mass is 394 g/mol. The lowest BCUT2D eigenvalue weighted by atomic mass is 9.97. The number of benzene rings is 1. The average molecular weight is 395 g/mol. The Morgan fingerprint density at radius 2 is 1.96 bits per heavy atom. The second-order valence-corrected chi connectivity index (χ2v) is 8.25. The van der Waals surface area contributed by atoms with Gasteiger partial charge in [-0.3, -0.25) is 14.3 Å². The maximum Gasteiger partial charge on any atom is 0.329 e. The lowest BCUT2D eigenvalue weighted by Crippen LogP contribution is -2.35. The molecule has 0 bridgehead atoms. The molecule has 2 heterocycles. The summed E-state index contributed by atoms with van der Waals surface area (Å²) in [5.74, 6) is -0.0224. The van der Waals surface area contributed by atoms with Crippen LogP contribution in [0.1, 0.15) is 43.7 Å². The summed E-state index contributed by atoms with van der Waals surface area (Å²) >= 11 is 0. The van der Waals surface area contributed by atoms with Crippen LogP contribution < -0.4 is 21.9 Å². The Bertz CT molecular complexity index is 1040. The fourth-order valence-corrected chi connectivity index (χ4v) is 4.62. The highest BCUT2D eigenvalue weighted by atomic mass is 35.5. The molecule has 3 N–H and O–H groups in total. The summed E-state index contributed by atoms with van der Waals surface area (Å²) in [4.78, 5) is 29.0. The quantitative estimate of drug-likeness (QED) is 0.836. The largest absolute Gasteiger partial charge is 0.369 e. The lowest BCUT2D eigenvalue weighted by Gasteiger charge is -2.25. The number of hydrogen-bond acceptors (Lipinski definition) is 4. The molecule has 146 valence electrons. The second-order valence-electron chi connectivity index (χ2n) is 8.25. The van der Waals surface area contributed by atoms with E-state index in [0.717, 1.165) is 45.2 Å². The summed E-state index contributed by atoms with van der Waals surface area (Å²) in [5, 5.41) is 0.253. The van der Waals surface area contributed by atoms with Crippen molar-refractivity contribution < 1.29 is 4.39 Å². The van der Waals surface area contributed by atoms with Gasteiger partial charge in [-0.05, 0) is 51.0 Å². The number of H-pyrrole nitrogens is 1. The van der Waals surface area contributed by atoms with Gasteiger partial charge in [0, 0.05) is 30.2 Å². The third-order valence-corrected chi connectivity index (χ3v) is 6.44. The number of anilines is 1. The van der Waals surface area contributed by atoms with Crippen molar-refractivity contribution in [2.45, 2.75) is 50.6 Å². The summed E-state index contributed by atoms with van der Waals surface area (Å²) in [6, 6.07) is 1.39. The van der Waals surface area contributed by atoms with Crippen LogP contribution in [0.2, 0.25) is 0 Å². The second kappa shape index (κ2) is 6.07. The molecule has 2 aromatic rings. The Morgan fingerprint density at radius 1 is 1.26 bits per heavy atom. The van der Waals surface area contributed by atoms with Gasteiger partial charge in [0.2, 0.25) is 0 Å². The first-order valence-electron chi connectivity index (χ1n) is 9.40. The molecule has 3 fully saturated rings. The molecule has 5 rings (SSSR count). The molecular formula is C19H24ClFN4O2. The van der Waals surface area contributed by atoms with Gasteiger partial charge in [0.1, 0.15) is 5.82 Å². The van der Waals surface area contributed by atoms with E-state index in [9.17, 15) is 14.0 Å². The van der Waals surface area contributed by atoms with Gasteiger partial charge >= 0.3 is 5.69 Å². The van der Waals surface area contributed by atoms with Crippen molar-refractivity contribution in [1.29, 1.82) is 0 Å². The Labute approximate surface area is 162 Å². The van der Waals surface area contributed by atoms with Gasteiger partial charge in [-0.15, -0.1) is 12.4 Å². The Morgan fingerprint density at radius 3 is 2.59 bits per heavy atom. The van der Waals surface area contributed by atoms with Gasteiger partial charge in [0.05, 0.1) is 16.6 Å². The van der Waals surface area contributed by atoms with Gasteiger partial charge in [-0.2, -0.15) is 0 Å². The summed E-state index contributed by atoms with van der Waals surface area (Å²) in [6.45, 7) is 3.31. The summed E-state index contributed by atoms with van der Waals surface area (Å²) in [7, 11) is 0. The van der Waals surface area contributed by atoms with Crippen LogP contribution in [0.5, 0.6) is 0 Å². The zero-order chi connectivity index (χ0) is 18.2. The summed E-state index contributed by atoms with van der Waals surface area (Å²) in [5.41, 5.74) is 7.13. The van der Waals surface area contributed by atoms with E-state index in [2.05, 4.69) is 4.98 Å². The number of aromatic nitrogens is 2. The zero-order valence-corrected chi connectivity index (χ0v) is 16.1. The fourth-order valence-electron chi connectivity index (χ4n) is 4.62. The number of hydrogen-bond donors (Lipinski definition) is 2. The molecule has 1 aliphatic heterocycles. The molecule has 2 aliphatic carbocycles. The fraction of sp³-hybridized carbons (Fsp3) is 0.579. The number of rotatable bonds is 3. The molecule has 0 unspecified atom stereocenters. The molecule has 0 spiro atoms. The van der Waals surface area contributed by atoms with Crippen molar-refractivity contribution >= 4 is 29.0 Å². The molecule has 27 heavy (non-hydrogen) atoms. The number of halogens is 2. The molecule has 1 aromatic heterocycles.